The summed E-state index contributed by atoms with van der Waals surface area (Å²) in [5.74, 6) is 0.434. The standard InChI is InChI=1S/C18H27NO2/c20-17(16-11-5-2-6-12-16)14-19-18(21)13-7-10-15-8-3-1-4-9-15/h1,3-4,8-9,16-17,20H,2,5-7,10-14H2,(H,19,21). The van der Waals surface area contributed by atoms with Crippen molar-refractivity contribution in [2.24, 2.45) is 5.92 Å². The van der Waals surface area contributed by atoms with Gasteiger partial charge in [-0.1, -0.05) is 49.6 Å². The monoisotopic (exact) mass is 289 g/mol. The lowest BCUT2D eigenvalue weighted by Crippen LogP contribution is -2.37. The summed E-state index contributed by atoms with van der Waals surface area (Å²) in [7, 11) is 0. The highest BCUT2D eigenvalue weighted by Gasteiger charge is 2.21. The minimum atomic E-state index is -0.372. The van der Waals surface area contributed by atoms with Gasteiger partial charge in [-0.25, -0.2) is 0 Å². The summed E-state index contributed by atoms with van der Waals surface area (Å²) in [6.07, 6.45) is 7.87. The molecule has 2 N–H and O–H groups in total. The van der Waals surface area contributed by atoms with E-state index in [-0.39, 0.29) is 12.0 Å². The second-order valence-corrected chi connectivity index (χ2v) is 6.11. The summed E-state index contributed by atoms with van der Waals surface area (Å²) in [4.78, 5) is 11.8. The first-order valence-corrected chi connectivity index (χ1v) is 8.24. The molecule has 0 saturated heterocycles. The Balaban J connectivity index is 1.58. The molecule has 0 spiro atoms. The predicted octanol–water partition coefficient (Wildman–Crippen LogP) is 3.07. The van der Waals surface area contributed by atoms with Crippen molar-refractivity contribution in [2.45, 2.75) is 57.5 Å². The lowest BCUT2D eigenvalue weighted by Gasteiger charge is -2.26. The van der Waals surface area contributed by atoms with E-state index >= 15 is 0 Å². The van der Waals surface area contributed by atoms with E-state index in [1.54, 1.807) is 0 Å². The van der Waals surface area contributed by atoms with Crippen LogP contribution in [0.4, 0.5) is 0 Å². The zero-order chi connectivity index (χ0) is 14.9. The molecule has 1 atom stereocenters. The zero-order valence-electron chi connectivity index (χ0n) is 12.8. The van der Waals surface area contributed by atoms with Crippen LogP contribution in [0.2, 0.25) is 0 Å². The summed E-state index contributed by atoms with van der Waals surface area (Å²) < 4.78 is 0. The molecule has 1 saturated carbocycles. The number of nitrogens with one attached hydrogen (secondary N) is 1. The molecule has 21 heavy (non-hydrogen) atoms. The quantitative estimate of drug-likeness (QED) is 0.810. The first kappa shape index (κ1) is 16.0. The van der Waals surface area contributed by atoms with Crippen LogP contribution in [0.1, 0.15) is 50.5 Å². The Morgan fingerprint density at radius 3 is 2.62 bits per heavy atom. The predicted molar refractivity (Wildman–Crippen MR) is 85.0 cm³/mol. The van der Waals surface area contributed by atoms with Crippen LogP contribution < -0.4 is 5.32 Å². The zero-order valence-corrected chi connectivity index (χ0v) is 12.8. The highest BCUT2D eigenvalue weighted by atomic mass is 16.3. The molecule has 1 unspecified atom stereocenters. The Bertz CT molecular complexity index is 412. The van der Waals surface area contributed by atoms with Crippen LogP contribution in [0, 0.1) is 5.92 Å². The highest BCUT2D eigenvalue weighted by Crippen LogP contribution is 2.26. The number of hydrogen-bond donors (Lipinski definition) is 2. The topological polar surface area (TPSA) is 49.3 Å². The fourth-order valence-electron chi connectivity index (χ4n) is 3.09. The Morgan fingerprint density at radius 1 is 1.19 bits per heavy atom. The normalized spacial score (nSPS) is 17.4. The molecule has 1 aliphatic rings. The molecule has 0 radical (unpaired) electrons. The molecular formula is C18H27NO2. The van der Waals surface area contributed by atoms with E-state index in [9.17, 15) is 9.90 Å². The van der Waals surface area contributed by atoms with E-state index in [0.29, 0.717) is 18.9 Å². The third kappa shape index (κ3) is 5.88. The van der Waals surface area contributed by atoms with Crippen LogP contribution in [-0.4, -0.2) is 23.7 Å². The van der Waals surface area contributed by atoms with Crippen molar-refractivity contribution in [3.63, 3.8) is 0 Å². The molecule has 0 aromatic heterocycles. The number of carbonyl (C=O) groups is 1. The van der Waals surface area contributed by atoms with E-state index in [2.05, 4.69) is 17.4 Å². The van der Waals surface area contributed by atoms with Crippen molar-refractivity contribution >= 4 is 5.91 Å². The molecule has 3 heteroatoms. The van der Waals surface area contributed by atoms with Gasteiger partial charge in [0.15, 0.2) is 0 Å². The smallest absolute Gasteiger partial charge is 0.220 e. The van der Waals surface area contributed by atoms with Gasteiger partial charge < -0.3 is 10.4 Å². The van der Waals surface area contributed by atoms with Gasteiger partial charge in [0.1, 0.15) is 0 Å². The first-order chi connectivity index (χ1) is 10.3. The van der Waals surface area contributed by atoms with E-state index in [0.717, 1.165) is 25.7 Å². The maximum absolute atomic E-state index is 11.8. The van der Waals surface area contributed by atoms with Gasteiger partial charge in [-0.2, -0.15) is 0 Å². The lowest BCUT2D eigenvalue weighted by atomic mass is 9.85. The number of aliphatic hydroxyl groups excluding tert-OH is 1. The molecule has 2 rings (SSSR count). The molecule has 1 amide bonds. The molecule has 1 aromatic carbocycles. The van der Waals surface area contributed by atoms with Gasteiger partial charge in [0.25, 0.3) is 0 Å². The van der Waals surface area contributed by atoms with Crippen molar-refractivity contribution in [1.29, 1.82) is 0 Å². The minimum Gasteiger partial charge on any atom is -0.391 e. The average Bonchev–Trinajstić information content (AvgIpc) is 2.54. The van der Waals surface area contributed by atoms with Crippen molar-refractivity contribution < 1.29 is 9.90 Å². The van der Waals surface area contributed by atoms with Gasteiger partial charge >= 0.3 is 0 Å². The summed E-state index contributed by atoms with van der Waals surface area (Å²) in [6, 6.07) is 10.2. The molecule has 116 valence electrons. The van der Waals surface area contributed by atoms with Crippen LogP contribution in [0.5, 0.6) is 0 Å². The lowest BCUT2D eigenvalue weighted by molar-refractivity contribution is -0.121. The number of carbonyl (C=O) groups excluding carboxylic acids is 1. The van der Waals surface area contributed by atoms with Gasteiger partial charge in [-0.05, 0) is 37.2 Å². The SMILES string of the molecule is O=C(CCCc1ccccc1)NCC(O)C1CCCCC1. The number of amides is 1. The van der Waals surface area contributed by atoms with Crippen LogP contribution in [-0.2, 0) is 11.2 Å². The fraction of sp³-hybridized carbons (Fsp3) is 0.611. The second kappa shape index (κ2) is 8.83. The summed E-state index contributed by atoms with van der Waals surface area (Å²) >= 11 is 0. The van der Waals surface area contributed by atoms with Gasteiger partial charge in [-0.15, -0.1) is 0 Å². The van der Waals surface area contributed by atoms with Crippen LogP contribution in [0.25, 0.3) is 0 Å². The molecule has 0 aliphatic heterocycles. The van der Waals surface area contributed by atoms with E-state index in [1.807, 2.05) is 18.2 Å². The summed E-state index contributed by atoms with van der Waals surface area (Å²) in [6.45, 7) is 0.412. The molecule has 1 aliphatic carbocycles. The van der Waals surface area contributed by atoms with Gasteiger partial charge in [0.05, 0.1) is 6.10 Å². The summed E-state index contributed by atoms with van der Waals surface area (Å²) in [5.41, 5.74) is 1.27. The van der Waals surface area contributed by atoms with Crippen LogP contribution in [0.3, 0.4) is 0 Å². The van der Waals surface area contributed by atoms with Crippen molar-refractivity contribution in [1.82, 2.24) is 5.32 Å². The molecule has 1 aromatic rings. The highest BCUT2D eigenvalue weighted by molar-refractivity contribution is 5.75. The number of aliphatic hydroxyl groups is 1. The van der Waals surface area contributed by atoms with Crippen LogP contribution >= 0.6 is 0 Å². The fourth-order valence-corrected chi connectivity index (χ4v) is 3.09. The number of rotatable bonds is 7. The van der Waals surface area contributed by atoms with E-state index < -0.39 is 0 Å². The third-order valence-electron chi connectivity index (χ3n) is 4.41. The Labute approximate surface area is 127 Å². The van der Waals surface area contributed by atoms with Crippen molar-refractivity contribution in [2.75, 3.05) is 6.54 Å². The van der Waals surface area contributed by atoms with Gasteiger partial charge in [0.2, 0.25) is 5.91 Å². The van der Waals surface area contributed by atoms with E-state index in [4.69, 9.17) is 0 Å². The molecule has 1 fully saturated rings. The first-order valence-electron chi connectivity index (χ1n) is 8.24. The van der Waals surface area contributed by atoms with Gasteiger partial charge in [0, 0.05) is 13.0 Å². The van der Waals surface area contributed by atoms with Crippen LogP contribution in [0.15, 0.2) is 30.3 Å². The van der Waals surface area contributed by atoms with Crippen molar-refractivity contribution in [3.8, 4) is 0 Å². The number of hydrogen-bond acceptors (Lipinski definition) is 2. The van der Waals surface area contributed by atoms with Crippen molar-refractivity contribution in [3.05, 3.63) is 35.9 Å². The average molecular weight is 289 g/mol. The Morgan fingerprint density at radius 2 is 1.90 bits per heavy atom. The largest absolute Gasteiger partial charge is 0.391 e. The Kier molecular flexibility index (Phi) is 6.74. The van der Waals surface area contributed by atoms with Gasteiger partial charge in [-0.3, -0.25) is 4.79 Å². The molecule has 0 heterocycles. The summed E-state index contributed by atoms with van der Waals surface area (Å²) in [5, 5.41) is 13.0. The molecular weight excluding hydrogens is 262 g/mol. The number of aryl methyl sites for hydroxylation is 1. The third-order valence-corrected chi connectivity index (χ3v) is 4.41. The maximum atomic E-state index is 11.8. The molecule has 0 bridgehead atoms. The molecule has 3 nitrogen and oxygen atoms in total. The maximum Gasteiger partial charge on any atom is 0.220 e. The Hall–Kier alpha value is -1.35. The minimum absolute atomic E-state index is 0.0563. The number of benzene rings is 1. The second-order valence-electron chi connectivity index (χ2n) is 6.11. The van der Waals surface area contributed by atoms with E-state index in [1.165, 1.54) is 24.8 Å².